The second-order valence-electron chi connectivity index (χ2n) is 0. The fraction of sp³-hybridized carbons (Fsp3) is 0. The predicted octanol–water partition coefficient (Wildman–Crippen LogP) is -6.47. The van der Waals surface area contributed by atoms with Gasteiger partial charge in [0.05, 0.1) is 0 Å². The van der Waals surface area contributed by atoms with Crippen molar-refractivity contribution >= 4 is 0 Å². The van der Waals surface area contributed by atoms with Gasteiger partial charge in [0.15, 0.2) is 0 Å². The minimum absolute atomic E-state index is 0. The van der Waals surface area contributed by atoms with E-state index in [0.29, 0.717) is 0 Å². The van der Waals surface area contributed by atoms with Crippen molar-refractivity contribution in [2.75, 3.05) is 0 Å². The van der Waals surface area contributed by atoms with Crippen LogP contribution in [0.4, 0.5) is 0 Å². The van der Waals surface area contributed by atoms with E-state index in [1.165, 1.54) is 0 Å². The Labute approximate surface area is 76.8 Å². The SMILES string of the molecule is [Cr+6].[Li+].[Li+].[O-2].[O-2].[O-2].[O-2]. The van der Waals surface area contributed by atoms with Crippen LogP contribution in [0.1, 0.15) is 0 Å². The first-order valence-corrected chi connectivity index (χ1v) is 0. The number of hydrogen-bond acceptors (Lipinski definition) is 0. The van der Waals surface area contributed by atoms with E-state index in [4.69, 9.17) is 0 Å². The molecule has 0 radical (unpaired) electrons. The summed E-state index contributed by atoms with van der Waals surface area (Å²) in [4.78, 5) is 0. The Morgan fingerprint density at radius 3 is 0.429 bits per heavy atom. The van der Waals surface area contributed by atoms with Crippen LogP contribution in [0.2, 0.25) is 0 Å². The van der Waals surface area contributed by atoms with E-state index in [2.05, 4.69) is 0 Å². The van der Waals surface area contributed by atoms with Gasteiger partial charge < -0.3 is 21.9 Å². The zero-order chi connectivity index (χ0) is 0. The van der Waals surface area contributed by atoms with Crippen LogP contribution in [0.15, 0.2) is 0 Å². The van der Waals surface area contributed by atoms with Crippen molar-refractivity contribution in [3.63, 3.8) is 0 Å². The van der Waals surface area contributed by atoms with Crippen LogP contribution < -0.4 is 37.7 Å². The monoisotopic (exact) mass is 130 g/mol. The van der Waals surface area contributed by atoms with Gasteiger partial charge in [0, 0.05) is 0 Å². The molecule has 0 heterocycles. The largest absolute Gasteiger partial charge is 6.00 e. The van der Waals surface area contributed by atoms with Gasteiger partial charge in [-0.15, -0.1) is 0 Å². The molecule has 0 bridgehead atoms. The molecule has 0 amide bonds. The molecule has 4 nitrogen and oxygen atoms in total. The topological polar surface area (TPSA) is 114 Å². The first kappa shape index (κ1) is 200. The molecule has 0 aliphatic heterocycles. The average molecular weight is 130 g/mol. The Bertz CT molecular complexity index is 9.65. The fourth-order valence-corrected chi connectivity index (χ4v) is 0. The van der Waals surface area contributed by atoms with E-state index < -0.39 is 0 Å². The predicted molar refractivity (Wildman–Crippen MR) is 2.75 cm³/mol. The Kier molecular flexibility index (Phi) is 3790. The molecule has 7 heavy (non-hydrogen) atoms. The smallest absolute Gasteiger partial charge is 2.00 e. The maximum atomic E-state index is 0. The average Bonchev–Trinajstić information content (AvgIpc) is 0. The molecule has 7 heteroatoms. The van der Waals surface area contributed by atoms with E-state index in [-0.39, 0.29) is 77.0 Å². The third-order valence-corrected chi connectivity index (χ3v) is 0. The summed E-state index contributed by atoms with van der Waals surface area (Å²) in [5.74, 6) is 0. The summed E-state index contributed by atoms with van der Waals surface area (Å²) < 4.78 is 0. The molecule has 0 saturated carbocycles. The number of hydrogen-bond donors (Lipinski definition) is 0. The van der Waals surface area contributed by atoms with E-state index >= 15 is 0 Å². The summed E-state index contributed by atoms with van der Waals surface area (Å²) in [5, 5.41) is 0. The second kappa shape index (κ2) is 133. The summed E-state index contributed by atoms with van der Waals surface area (Å²) in [6.07, 6.45) is 0. The molecule has 0 rings (SSSR count). The molecule has 0 aromatic carbocycles. The van der Waals surface area contributed by atoms with Crippen LogP contribution >= 0.6 is 0 Å². The van der Waals surface area contributed by atoms with Crippen LogP contribution in [0.3, 0.4) is 0 Å². The van der Waals surface area contributed by atoms with Crippen molar-refractivity contribution < 1.29 is 77.0 Å². The van der Waals surface area contributed by atoms with Gasteiger partial charge in [-0.05, 0) is 0 Å². The number of rotatable bonds is 0. The molecule has 0 fully saturated rings. The van der Waals surface area contributed by atoms with Crippen molar-refractivity contribution in [3.8, 4) is 0 Å². The summed E-state index contributed by atoms with van der Waals surface area (Å²) in [6, 6.07) is 0. The van der Waals surface area contributed by atoms with Gasteiger partial charge in [-0.25, -0.2) is 0 Å². The zero-order valence-corrected chi connectivity index (χ0v) is 5.32. The fourth-order valence-electron chi connectivity index (χ4n) is 0. The van der Waals surface area contributed by atoms with Crippen molar-refractivity contribution in [1.29, 1.82) is 0 Å². The van der Waals surface area contributed by atoms with Gasteiger partial charge in [-0.1, -0.05) is 0 Å². The maximum Gasteiger partial charge on any atom is 6.00 e. The van der Waals surface area contributed by atoms with Crippen molar-refractivity contribution in [1.82, 2.24) is 0 Å². The molecule has 0 unspecified atom stereocenters. The van der Waals surface area contributed by atoms with Crippen LogP contribution in [0.25, 0.3) is 0 Å². The molecule has 0 N–H and O–H groups in total. The first-order valence-electron chi connectivity index (χ1n) is 0. The van der Waals surface area contributed by atoms with Gasteiger partial charge in [0.25, 0.3) is 0 Å². The van der Waals surface area contributed by atoms with E-state index in [9.17, 15) is 0 Å². The maximum absolute atomic E-state index is 0. The molecule has 0 saturated heterocycles. The Balaban J connectivity index is 0. The normalized spacial score (nSPS) is 0. The molecule has 0 atom stereocenters. The van der Waals surface area contributed by atoms with Gasteiger partial charge >= 0.3 is 55.1 Å². The van der Waals surface area contributed by atoms with Gasteiger partial charge in [0.2, 0.25) is 0 Å². The first-order chi connectivity index (χ1) is 0. The molecule has 0 aliphatic rings. The summed E-state index contributed by atoms with van der Waals surface area (Å²) in [5.41, 5.74) is 0. The van der Waals surface area contributed by atoms with Crippen LogP contribution in [0, 0.1) is 0 Å². The Morgan fingerprint density at radius 1 is 0.429 bits per heavy atom. The van der Waals surface area contributed by atoms with Crippen LogP contribution in [-0.4, -0.2) is 0 Å². The minimum atomic E-state index is 0. The van der Waals surface area contributed by atoms with E-state index in [0.717, 1.165) is 0 Å². The van der Waals surface area contributed by atoms with Crippen molar-refractivity contribution in [2.45, 2.75) is 0 Å². The minimum Gasteiger partial charge on any atom is -2.00 e. The molecule has 0 aromatic rings. The molecular weight excluding hydrogens is 130 g/mol. The quantitative estimate of drug-likeness (QED) is 0.290. The summed E-state index contributed by atoms with van der Waals surface area (Å²) in [7, 11) is 0. The Morgan fingerprint density at radius 2 is 0.429 bits per heavy atom. The molecule has 0 aromatic heterocycles. The molecule has 32 valence electrons. The van der Waals surface area contributed by atoms with Gasteiger partial charge in [-0.3, -0.25) is 0 Å². The third-order valence-electron chi connectivity index (χ3n) is 0. The summed E-state index contributed by atoms with van der Waals surface area (Å²) in [6.45, 7) is 0. The van der Waals surface area contributed by atoms with Crippen LogP contribution in [-0.2, 0) is 39.3 Å². The Hall–Kier alpha value is 1.57. The molecule has 0 aliphatic carbocycles. The second-order valence-corrected chi connectivity index (χ2v) is 0. The van der Waals surface area contributed by atoms with Gasteiger partial charge in [0.1, 0.15) is 0 Å². The van der Waals surface area contributed by atoms with E-state index in [1.54, 1.807) is 0 Å². The summed E-state index contributed by atoms with van der Waals surface area (Å²) >= 11 is 0. The molecular formula is CrLi2O4. The standard InChI is InChI=1S/Cr.2Li.4O/q+6;2*+1;4*-2. The molecule has 0 spiro atoms. The van der Waals surface area contributed by atoms with Crippen molar-refractivity contribution in [2.24, 2.45) is 0 Å². The third kappa shape index (κ3) is 95.5. The van der Waals surface area contributed by atoms with Gasteiger partial charge in [-0.2, -0.15) is 0 Å². The van der Waals surface area contributed by atoms with E-state index in [1.807, 2.05) is 0 Å². The zero-order valence-electron chi connectivity index (χ0n) is 4.04. The van der Waals surface area contributed by atoms with Crippen molar-refractivity contribution in [3.05, 3.63) is 0 Å². The van der Waals surface area contributed by atoms with Crippen LogP contribution in [0.5, 0.6) is 0 Å².